The quantitative estimate of drug-likeness (QED) is 0.668. The molecule has 0 aliphatic rings. The molecule has 72 valence electrons. The molecule has 1 aromatic heterocycles. The van der Waals surface area contributed by atoms with Crippen molar-refractivity contribution in [1.29, 1.82) is 0 Å². The van der Waals surface area contributed by atoms with Gasteiger partial charge in [0.15, 0.2) is 0 Å². The Hall–Kier alpha value is -1.29. The highest BCUT2D eigenvalue weighted by atomic mass is 16.5. The van der Waals surface area contributed by atoms with E-state index in [0.717, 1.165) is 19.0 Å². The van der Waals surface area contributed by atoms with Gasteiger partial charge in [-0.25, -0.2) is 4.98 Å². The van der Waals surface area contributed by atoms with Gasteiger partial charge in [0.2, 0.25) is 0 Å². The van der Waals surface area contributed by atoms with E-state index >= 15 is 0 Å². The summed E-state index contributed by atoms with van der Waals surface area (Å²) in [5.41, 5.74) is 6.34. The first-order chi connectivity index (χ1) is 6.34. The zero-order chi connectivity index (χ0) is 9.52. The van der Waals surface area contributed by atoms with E-state index in [1.54, 1.807) is 6.20 Å². The minimum absolute atomic E-state index is 0.666. The predicted octanol–water partition coefficient (Wildman–Crippen LogP) is 1.11. The topological polar surface area (TPSA) is 60.2 Å². The number of nitrogen functional groups attached to an aromatic ring is 1. The smallest absolute Gasteiger partial charge is 0.149 e. The van der Waals surface area contributed by atoms with Crippen LogP contribution in [0.15, 0.2) is 18.3 Å². The Morgan fingerprint density at radius 1 is 1.62 bits per heavy atom. The van der Waals surface area contributed by atoms with Crippen molar-refractivity contribution in [2.24, 2.45) is 0 Å². The molecule has 0 spiro atoms. The number of ether oxygens (including phenoxy) is 1. The van der Waals surface area contributed by atoms with Gasteiger partial charge in [-0.05, 0) is 19.1 Å². The number of hydrogen-bond donors (Lipinski definition) is 2. The van der Waals surface area contributed by atoms with E-state index in [-0.39, 0.29) is 0 Å². The number of aromatic nitrogens is 1. The summed E-state index contributed by atoms with van der Waals surface area (Å²) in [6.07, 6.45) is 1.71. The summed E-state index contributed by atoms with van der Waals surface area (Å²) in [6, 6.07) is 3.62. The summed E-state index contributed by atoms with van der Waals surface area (Å²) >= 11 is 0. The Labute approximate surface area is 78.1 Å². The molecule has 0 aliphatic heterocycles. The van der Waals surface area contributed by atoms with Crippen LogP contribution in [0.3, 0.4) is 0 Å². The average molecular weight is 181 g/mol. The molecule has 0 amide bonds. The minimum Gasteiger partial charge on any atom is -0.396 e. The van der Waals surface area contributed by atoms with Gasteiger partial charge < -0.3 is 15.8 Å². The van der Waals surface area contributed by atoms with E-state index in [4.69, 9.17) is 10.5 Å². The molecule has 0 saturated heterocycles. The molecule has 0 bridgehead atoms. The fraction of sp³-hybridized carbons (Fsp3) is 0.444. The molecule has 1 aromatic rings. The summed E-state index contributed by atoms with van der Waals surface area (Å²) in [5.74, 6) is 0.724. The molecule has 4 nitrogen and oxygen atoms in total. The van der Waals surface area contributed by atoms with Crippen LogP contribution < -0.4 is 11.1 Å². The second-order valence-electron chi connectivity index (χ2n) is 2.56. The third-order valence-corrected chi connectivity index (χ3v) is 1.58. The lowest BCUT2D eigenvalue weighted by Gasteiger charge is -2.06. The molecule has 0 aromatic carbocycles. The van der Waals surface area contributed by atoms with Crippen molar-refractivity contribution < 1.29 is 4.74 Å². The molecular formula is C9H15N3O. The van der Waals surface area contributed by atoms with Crippen LogP contribution in [0.1, 0.15) is 6.92 Å². The number of nitrogens with one attached hydrogen (secondary N) is 1. The van der Waals surface area contributed by atoms with Gasteiger partial charge in [-0.1, -0.05) is 0 Å². The van der Waals surface area contributed by atoms with Crippen molar-refractivity contribution in [3.63, 3.8) is 0 Å². The average Bonchev–Trinajstić information content (AvgIpc) is 2.15. The highest BCUT2D eigenvalue weighted by molar-refractivity contribution is 5.60. The van der Waals surface area contributed by atoms with Gasteiger partial charge in [0.1, 0.15) is 5.82 Å². The number of nitrogens with zero attached hydrogens (tertiary/aromatic N) is 1. The van der Waals surface area contributed by atoms with Gasteiger partial charge in [-0.3, -0.25) is 0 Å². The molecule has 0 aliphatic carbocycles. The zero-order valence-corrected chi connectivity index (χ0v) is 7.79. The SMILES string of the molecule is CCOCCNc1ncccc1N. The summed E-state index contributed by atoms with van der Waals surface area (Å²) in [6.45, 7) is 4.11. The first-order valence-electron chi connectivity index (χ1n) is 4.36. The fourth-order valence-electron chi connectivity index (χ4n) is 0.951. The van der Waals surface area contributed by atoms with E-state index in [9.17, 15) is 0 Å². The van der Waals surface area contributed by atoms with Crippen LogP contribution in [0.2, 0.25) is 0 Å². The largest absolute Gasteiger partial charge is 0.396 e. The van der Waals surface area contributed by atoms with Crippen LogP contribution >= 0.6 is 0 Å². The van der Waals surface area contributed by atoms with Crippen LogP contribution in [0, 0.1) is 0 Å². The molecule has 1 rings (SSSR count). The number of hydrogen-bond acceptors (Lipinski definition) is 4. The van der Waals surface area contributed by atoms with Crippen molar-refractivity contribution in [1.82, 2.24) is 4.98 Å². The van der Waals surface area contributed by atoms with Crippen LogP contribution in [0.4, 0.5) is 11.5 Å². The second-order valence-corrected chi connectivity index (χ2v) is 2.56. The summed E-state index contributed by atoms with van der Waals surface area (Å²) in [7, 11) is 0. The minimum atomic E-state index is 0.666. The molecule has 0 fully saturated rings. The Morgan fingerprint density at radius 2 is 2.46 bits per heavy atom. The van der Waals surface area contributed by atoms with E-state index in [1.165, 1.54) is 0 Å². The van der Waals surface area contributed by atoms with Crippen molar-refractivity contribution in [3.05, 3.63) is 18.3 Å². The number of rotatable bonds is 5. The van der Waals surface area contributed by atoms with Crippen molar-refractivity contribution in [2.75, 3.05) is 30.8 Å². The Bertz CT molecular complexity index is 252. The zero-order valence-electron chi connectivity index (χ0n) is 7.79. The van der Waals surface area contributed by atoms with Crippen molar-refractivity contribution >= 4 is 11.5 Å². The fourth-order valence-corrected chi connectivity index (χ4v) is 0.951. The Morgan fingerprint density at radius 3 is 3.15 bits per heavy atom. The molecule has 3 N–H and O–H groups in total. The van der Waals surface area contributed by atoms with Crippen LogP contribution in [-0.4, -0.2) is 24.7 Å². The van der Waals surface area contributed by atoms with Crippen LogP contribution in [0.5, 0.6) is 0 Å². The number of pyridine rings is 1. The lowest BCUT2D eigenvalue weighted by Crippen LogP contribution is -2.11. The van der Waals surface area contributed by atoms with Gasteiger partial charge in [0.25, 0.3) is 0 Å². The maximum absolute atomic E-state index is 5.67. The lowest BCUT2D eigenvalue weighted by molar-refractivity contribution is 0.158. The van der Waals surface area contributed by atoms with E-state index in [2.05, 4.69) is 10.3 Å². The van der Waals surface area contributed by atoms with E-state index < -0.39 is 0 Å². The molecule has 0 atom stereocenters. The van der Waals surface area contributed by atoms with Gasteiger partial charge in [0.05, 0.1) is 12.3 Å². The first kappa shape index (κ1) is 9.80. The van der Waals surface area contributed by atoms with Crippen molar-refractivity contribution in [2.45, 2.75) is 6.92 Å². The highest BCUT2D eigenvalue weighted by Gasteiger charge is 1.96. The number of anilines is 2. The monoisotopic (exact) mass is 181 g/mol. The maximum atomic E-state index is 5.67. The van der Waals surface area contributed by atoms with Crippen LogP contribution in [0.25, 0.3) is 0 Å². The summed E-state index contributed by atoms with van der Waals surface area (Å²) in [4.78, 5) is 4.08. The summed E-state index contributed by atoms with van der Waals surface area (Å²) < 4.78 is 5.16. The van der Waals surface area contributed by atoms with Gasteiger partial charge >= 0.3 is 0 Å². The normalized spacial score (nSPS) is 9.92. The Kier molecular flexibility index (Phi) is 4.05. The van der Waals surface area contributed by atoms with Crippen LogP contribution in [-0.2, 0) is 4.74 Å². The highest BCUT2D eigenvalue weighted by Crippen LogP contribution is 2.11. The third-order valence-electron chi connectivity index (χ3n) is 1.58. The van der Waals surface area contributed by atoms with Gasteiger partial charge in [-0.15, -0.1) is 0 Å². The maximum Gasteiger partial charge on any atom is 0.149 e. The van der Waals surface area contributed by atoms with Gasteiger partial charge in [-0.2, -0.15) is 0 Å². The third kappa shape index (κ3) is 3.29. The molecule has 0 radical (unpaired) electrons. The lowest BCUT2D eigenvalue weighted by atomic mass is 10.4. The first-order valence-corrected chi connectivity index (χ1v) is 4.36. The molecule has 0 unspecified atom stereocenters. The molecule has 13 heavy (non-hydrogen) atoms. The van der Waals surface area contributed by atoms with Crippen molar-refractivity contribution in [3.8, 4) is 0 Å². The Balaban J connectivity index is 2.32. The molecule has 0 saturated carbocycles. The van der Waals surface area contributed by atoms with Gasteiger partial charge in [0, 0.05) is 19.3 Å². The molecule has 1 heterocycles. The molecular weight excluding hydrogens is 166 g/mol. The second kappa shape index (κ2) is 5.37. The number of nitrogens with two attached hydrogens (primary N) is 1. The van der Waals surface area contributed by atoms with E-state index in [1.807, 2.05) is 19.1 Å². The van der Waals surface area contributed by atoms with E-state index in [0.29, 0.717) is 12.3 Å². The predicted molar refractivity (Wildman–Crippen MR) is 53.6 cm³/mol. The summed E-state index contributed by atoms with van der Waals surface area (Å²) in [5, 5.41) is 3.09. The molecule has 4 heteroatoms. The standard InChI is InChI=1S/C9H15N3O/c1-2-13-7-6-12-9-8(10)4-3-5-11-9/h3-5H,2,6-7,10H2,1H3,(H,11,12).